The number of aromatic nitrogens is 1. The number of benzene rings is 2. The van der Waals surface area contributed by atoms with Crippen molar-refractivity contribution in [3.8, 4) is 0 Å². The molecule has 3 aromatic rings. The summed E-state index contributed by atoms with van der Waals surface area (Å²) in [6.45, 7) is 1.92. The molecule has 8 heteroatoms. The number of H-pyrrole nitrogens is 1. The minimum Gasteiger partial charge on any atom is -0.358 e. The maximum absolute atomic E-state index is 14.0. The molecule has 2 aromatic carbocycles. The highest BCUT2D eigenvalue weighted by molar-refractivity contribution is 6.31. The molecule has 1 N–H and O–H groups in total. The van der Waals surface area contributed by atoms with Crippen molar-refractivity contribution in [2.75, 3.05) is 19.6 Å². The Morgan fingerprint density at radius 2 is 1.78 bits per heavy atom. The Morgan fingerprint density at radius 3 is 2.53 bits per heavy atom. The van der Waals surface area contributed by atoms with E-state index in [4.69, 9.17) is 11.6 Å². The lowest BCUT2D eigenvalue weighted by molar-refractivity contribution is -0.137. The van der Waals surface area contributed by atoms with Gasteiger partial charge in [0.15, 0.2) is 0 Å². The van der Waals surface area contributed by atoms with E-state index < -0.39 is 17.5 Å². The van der Waals surface area contributed by atoms with Gasteiger partial charge in [-0.15, -0.1) is 0 Å². The van der Waals surface area contributed by atoms with E-state index in [0.717, 1.165) is 34.6 Å². The summed E-state index contributed by atoms with van der Waals surface area (Å²) in [7, 11) is 0. The molecule has 32 heavy (non-hydrogen) atoms. The number of nitrogens with zero attached hydrogens (tertiary/aromatic N) is 2. The summed E-state index contributed by atoms with van der Waals surface area (Å²) < 4.78 is 27.1. The van der Waals surface area contributed by atoms with Crippen LogP contribution in [0, 0.1) is 17.6 Å². The molecular weight excluding hydrogens is 436 g/mol. The molecule has 3 heterocycles. The van der Waals surface area contributed by atoms with Crippen molar-refractivity contribution in [3.63, 3.8) is 0 Å². The van der Waals surface area contributed by atoms with Crippen LogP contribution in [-0.4, -0.2) is 46.2 Å². The highest BCUT2D eigenvalue weighted by atomic mass is 35.5. The van der Waals surface area contributed by atoms with Gasteiger partial charge in [-0.1, -0.05) is 11.6 Å². The first kappa shape index (κ1) is 20.9. The van der Waals surface area contributed by atoms with Crippen LogP contribution >= 0.6 is 11.6 Å². The van der Waals surface area contributed by atoms with Gasteiger partial charge >= 0.3 is 0 Å². The van der Waals surface area contributed by atoms with Gasteiger partial charge in [0.1, 0.15) is 11.6 Å². The lowest BCUT2D eigenvalue weighted by Gasteiger charge is -2.35. The van der Waals surface area contributed by atoms with Gasteiger partial charge in [0.25, 0.3) is 5.91 Å². The molecule has 5 rings (SSSR count). The molecule has 0 unspecified atom stereocenters. The predicted octanol–water partition coefficient (Wildman–Crippen LogP) is 4.54. The summed E-state index contributed by atoms with van der Waals surface area (Å²) in [6.07, 6.45) is 1.81. The summed E-state index contributed by atoms with van der Waals surface area (Å²) >= 11 is 6.17. The number of likely N-dealkylation sites (tertiary alicyclic amines) is 1. The number of hydrogen-bond donors (Lipinski definition) is 1. The smallest absolute Gasteiger partial charge is 0.256 e. The van der Waals surface area contributed by atoms with E-state index in [1.165, 1.54) is 11.0 Å². The number of halogens is 3. The van der Waals surface area contributed by atoms with Crippen LogP contribution in [-0.2, 0) is 17.8 Å². The molecule has 0 aliphatic carbocycles. The van der Waals surface area contributed by atoms with E-state index in [-0.39, 0.29) is 17.4 Å². The van der Waals surface area contributed by atoms with E-state index in [1.54, 1.807) is 0 Å². The van der Waals surface area contributed by atoms with Crippen LogP contribution in [0.5, 0.6) is 0 Å². The quantitative estimate of drug-likeness (QED) is 0.614. The van der Waals surface area contributed by atoms with Crippen molar-refractivity contribution in [1.29, 1.82) is 0 Å². The number of carbonyl (C=O) groups is 2. The summed E-state index contributed by atoms with van der Waals surface area (Å²) in [6, 6.07) is 8.70. The highest BCUT2D eigenvalue weighted by Gasteiger charge is 2.33. The molecule has 0 bridgehead atoms. The zero-order valence-corrected chi connectivity index (χ0v) is 18.1. The molecule has 0 spiro atoms. The SMILES string of the molecule is O=C(c1ccc(F)cc1F)N1CCC(C(=O)N2CCc3[nH]c4ccc(Cl)cc4c3C2)CC1. The first-order valence-corrected chi connectivity index (χ1v) is 11.1. The Labute approximate surface area is 188 Å². The number of amides is 2. The van der Waals surface area contributed by atoms with Gasteiger partial charge in [0.2, 0.25) is 5.91 Å². The number of nitrogens with one attached hydrogen (secondary N) is 1. The summed E-state index contributed by atoms with van der Waals surface area (Å²) in [4.78, 5) is 32.7. The van der Waals surface area contributed by atoms with E-state index in [1.807, 2.05) is 23.1 Å². The third-order valence-electron chi connectivity index (χ3n) is 6.54. The molecule has 1 fully saturated rings. The minimum atomic E-state index is -0.865. The molecule has 2 aliphatic rings. The summed E-state index contributed by atoms with van der Waals surface area (Å²) in [5, 5.41) is 1.71. The van der Waals surface area contributed by atoms with Crippen molar-refractivity contribution < 1.29 is 18.4 Å². The molecule has 2 aliphatic heterocycles. The molecule has 0 saturated carbocycles. The molecule has 1 saturated heterocycles. The Kier molecular flexibility index (Phi) is 5.37. The van der Waals surface area contributed by atoms with Crippen molar-refractivity contribution in [1.82, 2.24) is 14.8 Å². The van der Waals surface area contributed by atoms with Crippen molar-refractivity contribution in [2.24, 2.45) is 5.92 Å². The normalized spacial score (nSPS) is 17.0. The highest BCUT2D eigenvalue weighted by Crippen LogP contribution is 2.31. The van der Waals surface area contributed by atoms with Crippen LogP contribution < -0.4 is 0 Å². The second-order valence-electron chi connectivity index (χ2n) is 8.47. The molecule has 1 aromatic heterocycles. The van der Waals surface area contributed by atoms with Crippen molar-refractivity contribution in [3.05, 3.63) is 69.9 Å². The minimum absolute atomic E-state index is 0.0899. The fourth-order valence-electron chi connectivity index (χ4n) is 4.80. The topological polar surface area (TPSA) is 56.4 Å². The monoisotopic (exact) mass is 457 g/mol. The fourth-order valence-corrected chi connectivity index (χ4v) is 4.97. The van der Waals surface area contributed by atoms with E-state index in [2.05, 4.69) is 4.98 Å². The summed E-state index contributed by atoms with van der Waals surface area (Å²) in [5.74, 6) is -2.13. The number of carbonyl (C=O) groups excluding carboxylic acids is 2. The zero-order chi connectivity index (χ0) is 22.4. The number of fused-ring (bicyclic) bond motifs is 3. The van der Waals surface area contributed by atoms with Crippen LogP contribution in [0.3, 0.4) is 0 Å². The molecule has 2 amide bonds. The third kappa shape index (κ3) is 3.75. The van der Waals surface area contributed by atoms with E-state index in [0.29, 0.717) is 50.1 Å². The molecule has 0 radical (unpaired) electrons. The molecular formula is C24H22ClF2N3O2. The maximum atomic E-state index is 14.0. The van der Waals surface area contributed by atoms with Gasteiger partial charge < -0.3 is 14.8 Å². The number of hydrogen-bond acceptors (Lipinski definition) is 2. The van der Waals surface area contributed by atoms with Crippen LogP contribution in [0.2, 0.25) is 5.02 Å². The van der Waals surface area contributed by atoms with Crippen LogP contribution in [0.25, 0.3) is 10.9 Å². The second-order valence-corrected chi connectivity index (χ2v) is 8.91. The van der Waals surface area contributed by atoms with E-state index in [9.17, 15) is 18.4 Å². The maximum Gasteiger partial charge on any atom is 0.256 e. The third-order valence-corrected chi connectivity index (χ3v) is 6.78. The van der Waals surface area contributed by atoms with Crippen LogP contribution in [0.4, 0.5) is 8.78 Å². The van der Waals surface area contributed by atoms with Gasteiger partial charge in [-0.3, -0.25) is 9.59 Å². The zero-order valence-electron chi connectivity index (χ0n) is 17.3. The molecule has 166 valence electrons. The Morgan fingerprint density at radius 1 is 1.00 bits per heavy atom. The van der Waals surface area contributed by atoms with Gasteiger partial charge in [-0.2, -0.15) is 0 Å². The van der Waals surface area contributed by atoms with Gasteiger partial charge in [0.05, 0.1) is 5.56 Å². The standard InChI is InChI=1S/C24H22ClF2N3O2/c25-15-1-4-21-18(11-15)19-13-30(10-7-22(19)28-21)23(31)14-5-8-29(9-6-14)24(32)17-3-2-16(26)12-20(17)27/h1-4,11-12,14,28H,5-10,13H2. The Balaban J connectivity index is 1.25. The predicted molar refractivity (Wildman–Crippen MR) is 117 cm³/mol. The van der Waals surface area contributed by atoms with E-state index >= 15 is 0 Å². The number of piperidine rings is 1. The summed E-state index contributed by atoms with van der Waals surface area (Å²) in [5.41, 5.74) is 3.14. The van der Waals surface area contributed by atoms with Crippen molar-refractivity contribution in [2.45, 2.75) is 25.8 Å². The average molecular weight is 458 g/mol. The number of rotatable bonds is 2. The van der Waals surface area contributed by atoms with Crippen molar-refractivity contribution >= 4 is 34.3 Å². The fraction of sp³-hybridized carbons (Fsp3) is 0.333. The Hall–Kier alpha value is -2.93. The van der Waals surface area contributed by atoms with Gasteiger partial charge in [-0.05, 0) is 43.2 Å². The van der Waals surface area contributed by atoms with Crippen LogP contribution in [0.1, 0.15) is 34.5 Å². The first-order chi connectivity index (χ1) is 15.4. The molecule has 5 nitrogen and oxygen atoms in total. The lowest BCUT2D eigenvalue weighted by Crippen LogP contribution is -2.45. The largest absolute Gasteiger partial charge is 0.358 e. The second kappa shape index (κ2) is 8.20. The Bertz CT molecular complexity index is 1220. The first-order valence-electron chi connectivity index (χ1n) is 10.7. The van der Waals surface area contributed by atoms with Gasteiger partial charge in [0, 0.05) is 71.8 Å². The average Bonchev–Trinajstić information content (AvgIpc) is 3.15. The van der Waals surface area contributed by atoms with Crippen LogP contribution in [0.15, 0.2) is 36.4 Å². The number of aromatic amines is 1. The molecule has 0 atom stereocenters. The van der Waals surface area contributed by atoms with Gasteiger partial charge in [-0.25, -0.2) is 8.78 Å². The lowest BCUT2D eigenvalue weighted by atomic mass is 9.93.